The Balaban J connectivity index is 1.14. The number of rotatable bonds is 6. The highest BCUT2D eigenvalue weighted by molar-refractivity contribution is 6.30. The van der Waals surface area contributed by atoms with E-state index >= 15 is 0 Å². The summed E-state index contributed by atoms with van der Waals surface area (Å²) in [5.41, 5.74) is 10.2. The lowest BCUT2D eigenvalue weighted by Crippen LogP contribution is -2.12. The van der Waals surface area contributed by atoms with Gasteiger partial charge in [0.2, 0.25) is 0 Å². The van der Waals surface area contributed by atoms with Gasteiger partial charge in [-0.2, -0.15) is 0 Å². The van der Waals surface area contributed by atoms with Crippen LogP contribution in [0.25, 0.3) is 71.3 Å². The second kappa shape index (κ2) is 12.1. The fourth-order valence-electron chi connectivity index (χ4n) is 9.20. The van der Waals surface area contributed by atoms with Gasteiger partial charge in [-0.15, -0.1) is 0 Å². The minimum absolute atomic E-state index is 0.868. The summed E-state index contributed by atoms with van der Waals surface area (Å²) in [6.45, 7) is 0. The molecule has 0 amide bonds. The molecule has 0 fully saturated rings. The average Bonchev–Trinajstić information content (AvgIpc) is 3.84. The molecule has 9 aromatic carbocycles. The SMILES string of the molecule is C1=Cc2c(oc3c(N(c4ccccc4)c4cc5cccc6c(N(c7ccccc7)c7cccc8c7oc7ccccc78)cc7cccc4c7c56)cccc23)CC1. The molecule has 0 bridgehead atoms. The molecule has 0 unspecified atom stereocenters. The lowest BCUT2D eigenvalue weighted by atomic mass is 9.91. The molecule has 0 saturated carbocycles. The topological polar surface area (TPSA) is 32.8 Å². The maximum atomic E-state index is 6.76. The van der Waals surface area contributed by atoms with Gasteiger partial charge in [0, 0.05) is 50.3 Å². The van der Waals surface area contributed by atoms with Gasteiger partial charge in [-0.3, -0.25) is 0 Å². The summed E-state index contributed by atoms with van der Waals surface area (Å²) < 4.78 is 13.4. The monoisotopic (exact) mass is 718 g/mol. The second-order valence-corrected chi connectivity index (χ2v) is 14.7. The molecule has 2 heterocycles. The third-order valence-electron chi connectivity index (χ3n) is 11.6. The fourth-order valence-corrected chi connectivity index (χ4v) is 9.20. The third kappa shape index (κ3) is 4.53. The zero-order chi connectivity index (χ0) is 36.7. The fraction of sp³-hybridized carbons (Fsp3) is 0.0385. The summed E-state index contributed by atoms with van der Waals surface area (Å²) >= 11 is 0. The predicted molar refractivity (Wildman–Crippen MR) is 234 cm³/mol. The zero-order valence-electron chi connectivity index (χ0n) is 30.4. The van der Waals surface area contributed by atoms with Gasteiger partial charge in [-0.25, -0.2) is 0 Å². The van der Waals surface area contributed by atoms with E-state index in [0.717, 1.165) is 85.6 Å². The number of hydrogen-bond acceptors (Lipinski definition) is 4. The molecule has 56 heavy (non-hydrogen) atoms. The van der Waals surface area contributed by atoms with Crippen LogP contribution in [0, 0.1) is 0 Å². The predicted octanol–water partition coefficient (Wildman–Crippen LogP) is 15.1. The first-order valence-corrected chi connectivity index (χ1v) is 19.3. The number of nitrogens with zero attached hydrogens (tertiary/aromatic N) is 2. The van der Waals surface area contributed by atoms with Crippen molar-refractivity contribution >= 4 is 105 Å². The first kappa shape index (κ1) is 31.1. The van der Waals surface area contributed by atoms with Gasteiger partial charge >= 0.3 is 0 Å². The molecule has 264 valence electrons. The number of furan rings is 2. The van der Waals surface area contributed by atoms with E-state index in [9.17, 15) is 0 Å². The highest BCUT2D eigenvalue weighted by Crippen LogP contribution is 2.51. The van der Waals surface area contributed by atoms with Crippen molar-refractivity contribution in [1.82, 2.24) is 0 Å². The van der Waals surface area contributed by atoms with E-state index < -0.39 is 0 Å². The van der Waals surface area contributed by atoms with Crippen LogP contribution in [0.15, 0.2) is 185 Å². The number of para-hydroxylation sites is 5. The van der Waals surface area contributed by atoms with Gasteiger partial charge in [0.15, 0.2) is 11.2 Å². The molecule has 12 rings (SSSR count). The van der Waals surface area contributed by atoms with E-state index in [-0.39, 0.29) is 0 Å². The summed E-state index contributed by atoms with van der Waals surface area (Å²) in [5.74, 6) is 1.06. The van der Waals surface area contributed by atoms with Crippen LogP contribution in [-0.4, -0.2) is 0 Å². The Morgan fingerprint density at radius 3 is 1.57 bits per heavy atom. The van der Waals surface area contributed by atoms with E-state index in [2.05, 4.69) is 186 Å². The Hall–Kier alpha value is -7.30. The van der Waals surface area contributed by atoms with Gasteiger partial charge in [-0.1, -0.05) is 127 Å². The van der Waals surface area contributed by atoms with Crippen molar-refractivity contribution in [2.45, 2.75) is 12.8 Å². The molecule has 1 aliphatic carbocycles. The molecule has 0 saturated heterocycles. The van der Waals surface area contributed by atoms with Crippen molar-refractivity contribution in [2.24, 2.45) is 0 Å². The number of anilines is 6. The smallest absolute Gasteiger partial charge is 0.159 e. The Morgan fingerprint density at radius 1 is 0.411 bits per heavy atom. The highest BCUT2D eigenvalue weighted by atomic mass is 16.3. The van der Waals surface area contributed by atoms with Gasteiger partial charge in [0.25, 0.3) is 0 Å². The van der Waals surface area contributed by atoms with E-state index in [1.165, 1.54) is 37.9 Å². The molecule has 1 aliphatic rings. The van der Waals surface area contributed by atoms with Crippen molar-refractivity contribution < 1.29 is 8.83 Å². The van der Waals surface area contributed by atoms with Crippen LogP contribution in [0.2, 0.25) is 0 Å². The molecule has 2 aromatic heterocycles. The van der Waals surface area contributed by atoms with Crippen molar-refractivity contribution in [3.05, 3.63) is 187 Å². The van der Waals surface area contributed by atoms with Gasteiger partial charge in [-0.05, 0) is 82.6 Å². The zero-order valence-corrected chi connectivity index (χ0v) is 30.4. The number of aryl methyl sites for hydroxylation is 1. The average molecular weight is 719 g/mol. The molecular formula is C52H34N2O2. The standard InChI is InChI=1S/C52H34N2O2/c1-3-17-35(18-4-1)53(43-27-13-23-39-37-21-7-9-29-47(37)55-51(39)43)45-31-33-15-12-26-42-46(32-34-16-11-25-41(45)49(34)50(33)42)54(36-19-5-2-6-20-36)44-28-14-24-40-38-22-8-10-30-48(38)56-52(40)44/h1-9,11-29,31-32H,10,30H2. The molecule has 0 atom stereocenters. The van der Waals surface area contributed by atoms with Crippen LogP contribution in [0.3, 0.4) is 0 Å². The summed E-state index contributed by atoms with van der Waals surface area (Å²) in [5, 5.41) is 10.5. The Bertz CT molecular complexity index is 3320. The van der Waals surface area contributed by atoms with Gasteiger partial charge in [0.05, 0.1) is 22.7 Å². The first-order valence-electron chi connectivity index (χ1n) is 19.3. The van der Waals surface area contributed by atoms with Crippen LogP contribution in [0.1, 0.15) is 17.7 Å². The summed E-state index contributed by atoms with van der Waals surface area (Å²) in [6.07, 6.45) is 6.39. The van der Waals surface area contributed by atoms with Gasteiger partial charge in [0.1, 0.15) is 11.3 Å². The molecule has 0 radical (unpaired) electrons. The summed E-state index contributed by atoms with van der Waals surface area (Å²) in [6, 6.07) is 60.9. The molecular weight excluding hydrogens is 685 g/mol. The molecule has 0 N–H and O–H groups in total. The normalized spacial score (nSPS) is 12.8. The Labute approximate surface area is 323 Å². The largest absolute Gasteiger partial charge is 0.458 e. The van der Waals surface area contributed by atoms with Crippen LogP contribution in [0.5, 0.6) is 0 Å². The molecule has 4 heteroatoms. The van der Waals surface area contributed by atoms with Crippen molar-refractivity contribution in [1.29, 1.82) is 0 Å². The Kier molecular flexibility index (Phi) is 6.72. The minimum Gasteiger partial charge on any atom is -0.458 e. The third-order valence-corrected chi connectivity index (χ3v) is 11.6. The summed E-state index contributed by atoms with van der Waals surface area (Å²) in [4.78, 5) is 4.77. The Morgan fingerprint density at radius 2 is 0.929 bits per heavy atom. The van der Waals surface area contributed by atoms with Crippen LogP contribution in [-0.2, 0) is 6.42 Å². The van der Waals surface area contributed by atoms with E-state index in [1.807, 2.05) is 6.07 Å². The minimum atomic E-state index is 0.868. The maximum absolute atomic E-state index is 6.76. The van der Waals surface area contributed by atoms with E-state index in [1.54, 1.807) is 0 Å². The lowest BCUT2D eigenvalue weighted by Gasteiger charge is -2.30. The molecule has 11 aromatic rings. The van der Waals surface area contributed by atoms with E-state index in [4.69, 9.17) is 8.83 Å². The summed E-state index contributed by atoms with van der Waals surface area (Å²) in [7, 11) is 0. The van der Waals surface area contributed by atoms with Crippen LogP contribution >= 0.6 is 0 Å². The molecule has 0 spiro atoms. The quantitative estimate of drug-likeness (QED) is 0.160. The second-order valence-electron chi connectivity index (χ2n) is 14.7. The molecule has 0 aliphatic heterocycles. The molecule has 4 nitrogen and oxygen atoms in total. The number of fused-ring (bicyclic) bond motifs is 6. The van der Waals surface area contributed by atoms with Crippen molar-refractivity contribution in [3.63, 3.8) is 0 Å². The first-order chi connectivity index (χ1) is 27.8. The van der Waals surface area contributed by atoms with E-state index in [0.29, 0.717) is 0 Å². The number of allylic oxidation sites excluding steroid dienone is 1. The lowest BCUT2D eigenvalue weighted by molar-refractivity contribution is 0.546. The van der Waals surface area contributed by atoms with Gasteiger partial charge < -0.3 is 18.6 Å². The van der Waals surface area contributed by atoms with Crippen LogP contribution < -0.4 is 9.80 Å². The highest BCUT2D eigenvalue weighted by Gasteiger charge is 2.27. The number of benzene rings is 9. The van der Waals surface area contributed by atoms with Crippen LogP contribution in [0.4, 0.5) is 34.1 Å². The van der Waals surface area contributed by atoms with Crippen molar-refractivity contribution in [2.75, 3.05) is 9.80 Å². The van der Waals surface area contributed by atoms with Crippen molar-refractivity contribution in [3.8, 4) is 0 Å². The number of hydrogen-bond donors (Lipinski definition) is 0. The maximum Gasteiger partial charge on any atom is 0.159 e.